The number of benzene rings is 2. The van der Waals surface area contributed by atoms with Crippen molar-refractivity contribution in [1.82, 2.24) is 9.88 Å². The Kier molecular flexibility index (Phi) is 6.14. The zero-order chi connectivity index (χ0) is 22.2. The van der Waals surface area contributed by atoms with Gasteiger partial charge >= 0.3 is 0 Å². The molecule has 0 bridgehead atoms. The van der Waals surface area contributed by atoms with E-state index in [9.17, 15) is 9.18 Å². The number of nitrogens with zero attached hydrogens (tertiary/aromatic N) is 4. The number of halogens is 3. The van der Waals surface area contributed by atoms with E-state index in [1.165, 1.54) is 17.4 Å². The number of thiazole rings is 1. The first-order valence-corrected chi connectivity index (χ1v) is 12.4. The Morgan fingerprint density at radius 3 is 2.41 bits per heavy atom. The van der Waals surface area contributed by atoms with Gasteiger partial charge in [0.2, 0.25) is 5.91 Å². The Hall–Kier alpha value is -2.09. The minimum absolute atomic E-state index is 0.0265. The van der Waals surface area contributed by atoms with Crippen LogP contribution in [-0.2, 0) is 4.79 Å². The number of aromatic nitrogens is 1. The van der Waals surface area contributed by atoms with Crippen LogP contribution in [0.2, 0.25) is 10.0 Å². The molecule has 168 valence electrons. The van der Waals surface area contributed by atoms with Crippen molar-refractivity contribution >= 4 is 61.5 Å². The van der Waals surface area contributed by atoms with Crippen LogP contribution in [0.1, 0.15) is 12.8 Å². The molecule has 0 spiro atoms. The molecule has 0 radical (unpaired) electrons. The fourth-order valence-electron chi connectivity index (χ4n) is 4.52. The van der Waals surface area contributed by atoms with Crippen molar-refractivity contribution < 1.29 is 9.18 Å². The van der Waals surface area contributed by atoms with Crippen molar-refractivity contribution in [2.24, 2.45) is 5.92 Å². The average molecular weight is 493 g/mol. The summed E-state index contributed by atoms with van der Waals surface area (Å²) >= 11 is 14.0. The highest BCUT2D eigenvalue weighted by molar-refractivity contribution is 7.22. The van der Waals surface area contributed by atoms with Crippen LogP contribution < -0.4 is 9.80 Å². The van der Waals surface area contributed by atoms with Crippen molar-refractivity contribution in [3.63, 3.8) is 0 Å². The molecule has 0 saturated carbocycles. The number of hydrogen-bond donors (Lipinski definition) is 0. The van der Waals surface area contributed by atoms with Crippen LogP contribution in [-0.4, -0.2) is 55.1 Å². The maximum atomic E-state index is 14.0. The second-order valence-electron chi connectivity index (χ2n) is 8.23. The van der Waals surface area contributed by atoms with E-state index in [0.717, 1.165) is 54.5 Å². The van der Waals surface area contributed by atoms with Crippen LogP contribution in [0, 0.1) is 11.7 Å². The van der Waals surface area contributed by atoms with Gasteiger partial charge in [0.05, 0.1) is 20.4 Å². The van der Waals surface area contributed by atoms with E-state index in [2.05, 4.69) is 14.8 Å². The fourth-order valence-corrected chi connectivity index (χ4v) is 5.97. The molecule has 2 fully saturated rings. The van der Waals surface area contributed by atoms with Gasteiger partial charge in [-0.05, 0) is 37.1 Å². The zero-order valence-corrected chi connectivity index (χ0v) is 19.8. The predicted octanol–water partition coefficient (Wildman–Crippen LogP) is 5.31. The van der Waals surface area contributed by atoms with E-state index in [4.69, 9.17) is 23.2 Å². The third-order valence-corrected chi connectivity index (χ3v) is 8.23. The van der Waals surface area contributed by atoms with E-state index in [0.29, 0.717) is 28.7 Å². The molecule has 2 aromatic carbocycles. The number of carbonyl (C=O) groups is 1. The highest BCUT2D eigenvalue weighted by atomic mass is 35.5. The van der Waals surface area contributed by atoms with Gasteiger partial charge in [0.15, 0.2) is 5.13 Å². The Bertz CT molecular complexity index is 1140. The fraction of sp³-hybridized carbons (Fsp3) is 0.391. The predicted molar refractivity (Wildman–Crippen MR) is 130 cm³/mol. The number of amides is 1. The summed E-state index contributed by atoms with van der Waals surface area (Å²) in [5, 5.41) is 1.95. The van der Waals surface area contributed by atoms with Crippen LogP contribution in [0.3, 0.4) is 0 Å². The topological polar surface area (TPSA) is 39.7 Å². The first-order chi connectivity index (χ1) is 15.5. The van der Waals surface area contributed by atoms with Gasteiger partial charge in [-0.25, -0.2) is 9.37 Å². The number of piperazine rings is 1. The molecule has 1 amide bonds. The molecule has 0 aliphatic carbocycles. The number of fused-ring (bicyclic) bond motifs is 1. The molecular weight excluding hydrogens is 470 g/mol. The maximum Gasteiger partial charge on any atom is 0.225 e. The minimum atomic E-state index is -0.284. The van der Waals surface area contributed by atoms with E-state index in [1.807, 2.05) is 23.1 Å². The Morgan fingerprint density at radius 1 is 0.969 bits per heavy atom. The van der Waals surface area contributed by atoms with E-state index in [1.54, 1.807) is 12.1 Å². The molecule has 1 aromatic heterocycles. The second-order valence-corrected chi connectivity index (χ2v) is 10.0. The van der Waals surface area contributed by atoms with Gasteiger partial charge in [0, 0.05) is 45.2 Å². The van der Waals surface area contributed by atoms with Gasteiger partial charge in [0.25, 0.3) is 0 Å². The van der Waals surface area contributed by atoms with Crippen LogP contribution in [0.5, 0.6) is 0 Å². The lowest BCUT2D eigenvalue weighted by atomic mass is 9.95. The molecule has 5 rings (SSSR count). The van der Waals surface area contributed by atoms with Gasteiger partial charge in [-0.3, -0.25) is 4.79 Å². The summed E-state index contributed by atoms with van der Waals surface area (Å²) in [6, 6.07) is 10.7. The van der Waals surface area contributed by atoms with Gasteiger partial charge in [0.1, 0.15) is 11.3 Å². The van der Waals surface area contributed by atoms with E-state index in [-0.39, 0.29) is 17.6 Å². The number of anilines is 2. The normalized spacial score (nSPS) is 17.9. The van der Waals surface area contributed by atoms with Crippen LogP contribution in [0.4, 0.5) is 15.2 Å². The summed E-state index contributed by atoms with van der Waals surface area (Å²) in [6.07, 6.45) is 1.58. The molecule has 5 nitrogen and oxygen atoms in total. The smallest absolute Gasteiger partial charge is 0.225 e. The molecular formula is C23H23Cl2FN4OS. The molecule has 32 heavy (non-hydrogen) atoms. The highest BCUT2D eigenvalue weighted by Gasteiger charge is 2.31. The first kappa shape index (κ1) is 21.7. The molecule has 9 heteroatoms. The molecule has 0 N–H and O–H groups in total. The Labute approximate surface area is 200 Å². The number of carbonyl (C=O) groups excluding carboxylic acids is 1. The molecule has 0 unspecified atom stereocenters. The summed E-state index contributed by atoms with van der Waals surface area (Å²) < 4.78 is 14.8. The monoisotopic (exact) mass is 492 g/mol. The van der Waals surface area contributed by atoms with Gasteiger partial charge in [-0.2, -0.15) is 0 Å². The van der Waals surface area contributed by atoms with Crippen molar-refractivity contribution in [2.75, 3.05) is 49.1 Å². The van der Waals surface area contributed by atoms with Gasteiger partial charge < -0.3 is 14.7 Å². The molecule has 3 aromatic rings. The van der Waals surface area contributed by atoms with Crippen molar-refractivity contribution in [3.8, 4) is 0 Å². The molecule has 0 atom stereocenters. The number of rotatable bonds is 3. The Balaban J connectivity index is 1.17. The summed E-state index contributed by atoms with van der Waals surface area (Å²) in [5.74, 6) is -0.0243. The summed E-state index contributed by atoms with van der Waals surface area (Å²) in [4.78, 5) is 24.0. The standard InChI is InChI=1S/C23H23Cl2FN4OS/c24-16-3-1-5-18(20(16)25)28-11-13-29(14-12-28)22(31)15-7-9-30(10-8-15)23-27-21-17(26)4-2-6-19(21)32-23/h1-6,15H,7-14H2. The van der Waals surface area contributed by atoms with Gasteiger partial charge in [-0.15, -0.1) is 0 Å². The Morgan fingerprint density at radius 2 is 1.69 bits per heavy atom. The number of piperidine rings is 1. The SMILES string of the molecule is O=C(C1CCN(c2nc3c(F)cccc3s2)CC1)N1CCN(c2cccc(Cl)c2Cl)CC1. The van der Waals surface area contributed by atoms with Crippen molar-refractivity contribution in [1.29, 1.82) is 0 Å². The third kappa shape index (κ3) is 4.14. The van der Waals surface area contributed by atoms with Gasteiger partial charge in [-0.1, -0.05) is 46.7 Å². The lowest BCUT2D eigenvalue weighted by molar-refractivity contribution is -0.136. The van der Waals surface area contributed by atoms with Crippen LogP contribution in [0.15, 0.2) is 36.4 Å². The van der Waals surface area contributed by atoms with Crippen molar-refractivity contribution in [3.05, 3.63) is 52.3 Å². The largest absolute Gasteiger partial charge is 0.367 e. The summed E-state index contributed by atoms with van der Waals surface area (Å²) in [7, 11) is 0. The van der Waals surface area contributed by atoms with Crippen LogP contribution >= 0.6 is 34.5 Å². The minimum Gasteiger partial charge on any atom is -0.367 e. The summed E-state index contributed by atoms with van der Waals surface area (Å²) in [6.45, 7) is 4.35. The highest BCUT2D eigenvalue weighted by Crippen LogP contribution is 2.34. The maximum absolute atomic E-state index is 14.0. The number of para-hydroxylation sites is 1. The first-order valence-electron chi connectivity index (χ1n) is 10.8. The zero-order valence-electron chi connectivity index (χ0n) is 17.4. The molecule has 2 aliphatic heterocycles. The van der Waals surface area contributed by atoms with E-state index >= 15 is 0 Å². The third-order valence-electron chi connectivity index (χ3n) is 6.34. The molecule has 2 aliphatic rings. The summed E-state index contributed by atoms with van der Waals surface area (Å²) in [5.41, 5.74) is 1.36. The molecule has 3 heterocycles. The average Bonchev–Trinajstić information content (AvgIpc) is 3.27. The van der Waals surface area contributed by atoms with Crippen LogP contribution in [0.25, 0.3) is 10.2 Å². The second kappa shape index (κ2) is 9.04. The quantitative estimate of drug-likeness (QED) is 0.496. The lowest BCUT2D eigenvalue weighted by Crippen LogP contribution is -2.51. The lowest BCUT2D eigenvalue weighted by Gasteiger charge is -2.39. The number of hydrogen-bond acceptors (Lipinski definition) is 5. The molecule has 2 saturated heterocycles. The van der Waals surface area contributed by atoms with Crippen molar-refractivity contribution in [2.45, 2.75) is 12.8 Å². The van der Waals surface area contributed by atoms with E-state index < -0.39 is 0 Å².